The summed E-state index contributed by atoms with van der Waals surface area (Å²) in [7, 11) is -4.16. The molecule has 0 atom stereocenters. The number of benzene rings is 1. The number of nitrogens with one attached hydrogen (secondary N) is 1. The van der Waals surface area contributed by atoms with E-state index in [0.717, 1.165) is 17.5 Å². The highest BCUT2D eigenvalue weighted by Gasteiger charge is 2.27. The van der Waals surface area contributed by atoms with Crippen LogP contribution in [0.1, 0.15) is 16.1 Å². The molecule has 40 heavy (non-hydrogen) atoms. The summed E-state index contributed by atoms with van der Waals surface area (Å²) in [6.45, 7) is 1.42. The van der Waals surface area contributed by atoms with Gasteiger partial charge in [-0.2, -0.15) is 5.26 Å². The van der Waals surface area contributed by atoms with Crippen LogP contribution in [0.25, 0.3) is 33.3 Å². The highest BCUT2D eigenvalue weighted by Crippen LogP contribution is 2.28. The number of rotatable bonds is 7. The summed E-state index contributed by atoms with van der Waals surface area (Å²) >= 11 is 0. The average molecular weight is 557 g/mol. The van der Waals surface area contributed by atoms with Crippen LogP contribution in [-0.4, -0.2) is 48.4 Å². The number of furan rings is 1. The number of nitrogens with zero attached hydrogens (tertiary/aromatic N) is 5. The molecule has 0 spiro atoms. The lowest BCUT2D eigenvalue weighted by Crippen LogP contribution is -2.46. The lowest BCUT2D eigenvalue weighted by Gasteiger charge is -2.36. The van der Waals surface area contributed by atoms with Gasteiger partial charge in [-0.1, -0.05) is 6.07 Å². The maximum atomic E-state index is 13.0. The number of alkyl halides is 1. The van der Waals surface area contributed by atoms with Crippen LogP contribution < -0.4 is 10.2 Å². The number of halogens is 1. The fourth-order valence-electron chi connectivity index (χ4n) is 4.51. The number of carbonyl (C=O) groups is 1. The number of amides is 1. The molecule has 10 nitrogen and oxygen atoms in total. The highest BCUT2D eigenvalue weighted by molar-refractivity contribution is 7.91. The van der Waals surface area contributed by atoms with Crippen molar-refractivity contribution in [2.24, 2.45) is 5.92 Å². The Morgan fingerprint density at radius 3 is 2.75 bits per heavy atom. The number of hydrogen-bond acceptors (Lipinski definition) is 9. The standard InChI is InChI=1S/C28H21FN6O4S/c29-16-40(37,38)26-15-39-25-7-5-18(8-21(25)26)28(36)32-12-20-9-24-19(11-31-20)4-6-23(33-24)22-2-1-3-27(34-22)35-13-17(10-30)14-35/h1-9,11,15,17H,12-14,16H2,(H,32,36). The first kappa shape index (κ1) is 25.4. The Bertz CT molecular complexity index is 1930. The Labute approximate surface area is 228 Å². The minimum Gasteiger partial charge on any atom is -0.463 e. The summed E-state index contributed by atoms with van der Waals surface area (Å²) in [6, 6.07) is 16.3. The fourth-order valence-corrected chi connectivity index (χ4v) is 5.31. The molecule has 6 rings (SSSR count). The second-order valence-electron chi connectivity index (χ2n) is 9.39. The third-order valence-electron chi connectivity index (χ3n) is 6.72. The van der Waals surface area contributed by atoms with Gasteiger partial charge < -0.3 is 14.6 Å². The predicted octanol–water partition coefficient (Wildman–Crippen LogP) is 4.03. The maximum Gasteiger partial charge on any atom is 0.251 e. The molecule has 12 heteroatoms. The number of aromatic nitrogens is 3. The molecule has 1 aromatic carbocycles. The van der Waals surface area contributed by atoms with Gasteiger partial charge in [0, 0.05) is 35.6 Å². The molecule has 1 aliphatic heterocycles. The van der Waals surface area contributed by atoms with Gasteiger partial charge >= 0.3 is 0 Å². The lowest BCUT2D eigenvalue weighted by molar-refractivity contribution is 0.0950. The van der Waals surface area contributed by atoms with Crippen molar-refractivity contribution in [2.45, 2.75) is 11.4 Å². The van der Waals surface area contributed by atoms with Gasteiger partial charge in [0.1, 0.15) is 22.6 Å². The van der Waals surface area contributed by atoms with Crippen molar-refractivity contribution < 1.29 is 22.0 Å². The van der Waals surface area contributed by atoms with E-state index in [0.29, 0.717) is 35.7 Å². The monoisotopic (exact) mass is 556 g/mol. The van der Waals surface area contributed by atoms with Gasteiger partial charge in [0.05, 0.1) is 41.1 Å². The maximum absolute atomic E-state index is 13.0. The Morgan fingerprint density at radius 1 is 1.12 bits per heavy atom. The summed E-state index contributed by atoms with van der Waals surface area (Å²) < 4.78 is 42.2. The second kappa shape index (κ2) is 10.0. The third kappa shape index (κ3) is 4.71. The Morgan fingerprint density at radius 2 is 1.95 bits per heavy atom. The number of fused-ring (bicyclic) bond motifs is 2. The van der Waals surface area contributed by atoms with Crippen molar-refractivity contribution in [2.75, 3.05) is 24.0 Å². The topological polar surface area (TPSA) is 142 Å². The predicted molar refractivity (Wildman–Crippen MR) is 145 cm³/mol. The summed E-state index contributed by atoms with van der Waals surface area (Å²) in [5.74, 6) is 0.368. The fraction of sp³-hybridized carbons (Fsp3) is 0.179. The smallest absolute Gasteiger partial charge is 0.251 e. The van der Waals surface area contributed by atoms with Gasteiger partial charge in [-0.25, -0.2) is 22.8 Å². The van der Waals surface area contributed by atoms with Crippen molar-refractivity contribution in [3.63, 3.8) is 0 Å². The normalized spacial score (nSPS) is 13.8. The molecule has 0 radical (unpaired) electrons. The Balaban J connectivity index is 1.20. The van der Waals surface area contributed by atoms with Crippen LogP contribution in [0.2, 0.25) is 0 Å². The quantitative estimate of drug-likeness (QED) is 0.314. The van der Waals surface area contributed by atoms with Crippen LogP contribution in [0.5, 0.6) is 0 Å². The second-order valence-corrected chi connectivity index (χ2v) is 11.3. The van der Waals surface area contributed by atoms with E-state index in [2.05, 4.69) is 16.4 Å². The first-order valence-corrected chi connectivity index (χ1v) is 14.0. The zero-order valence-corrected chi connectivity index (χ0v) is 21.7. The van der Waals surface area contributed by atoms with E-state index < -0.39 is 21.8 Å². The summed E-state index contributed by atoms with van der Waals surface area (Å²) in [5.41, 5.74) is 3.06. The molecule has 1 saturated heterocycles. The van der Waals surface area contributed by atoms with Crippen molar-refractivity contribution in [1.82, 2.24) is 20.3 Å². The number of carbonyl (C=O) groups excluding carboxylic acids is 1. The zero-order valence-electron chi connectivity index (χ0n) is 20.9. The van der Waals surface area contributed by atoms with E-state index in [9.17, 15) is 17.6 Å². The number of sulfone groups is 1. The van der Waals surface area contributed by atoms with Gasteiger partial charge in [0.2, 0.25) is 9.84 Å². The van der Waals surface area contributed by atoms with Crippen molar-refractivity contribution in [1.29, 1.82) is 5.26 Å². The van der Waals surface area contributed by atoms with Gasteiger partial charge in [-0.15, -0.1) is 0 Å². The minimum atomic E-state index is -4.16. The van der Waals surface area contributed by atoms with Gasteiger partial charge in [-0.05, 0) is 48.5 Å². The number of anilines is 1. The third-order valence-corrected chi connectivity index (χ3v) is 8.00. The van der Waals surface area contributed by atoms with Crippen LogP contribution >= 0.6 is 0 Å². The van der Waals surface area contributed by atoms with E-state index >= 15 is 0 Å². The molecule has 0 bridgehead atoms. The number of hydrogen-bond donors (Lipinski definition) is 1. The van der Waals surface area contributed by atoms with E-state index in [1.807, 2.05) is 35.2 Å². The van der Waals surface area contributed by atoms with Crippen molar-refractivity contribution in [3.8, 4) is 17.5 Å². The summed E-state index contributed by atoms with van der Waals surface area (Å²) in [5, 5.41) is 12.8. The van der Waals surface area contributed by atoms with E-state index in [1.165, 1.54) is 18.2 Å². The number of nitriles is 1. The molecule has 1 aliphatic rings. The molecule has 0 unspecified atom stereocenters. The van der Waals surface area contributed by atoms with Gasteiger partial charge in [0.15, 0.2) is 6.01 Å². The van der Waals surface area contributed by atoms with E-state index in [4.69, 9.17) is 19.6 Å². The van der Waals surface area contributed by atoms with Gasteiger partial charge in [0.25, 0.3) is 5.91 Å². The highest BCUT2D eigenvalue weighted by atomic mass is 32.2. The van der Waals surface area contributed by atoms with E-state index in [1.54, 1.807) is 12.3 Å². The molecule has 5 aromatic rings. The van der Waals surface area contributed by atoms with Crippen LogP contribution in [0.15, 0.2) is 76.4 Å². The largest absolute Gasteiger partial charge is 0.463 e. The molecule has 1 fully saturated rings. The van der Waals surface area contributed by atoms with Crippen molar-refractivity contribution in [3.05, 3.63) is 78.3 Å². The van der Waals surface area contributed by atoms with Gasteiger partial charge in [-0.3, -0.25) is 9.78 Å². The summed E-state index contributed by atoms with van der Waals surface area (Å²) in [6.07, 6.45) is 2.65. The minimum absolute atomic E-state index is 0.0270. The van der Waals surface area contributed by atoms with Crippen LogP contribution in [0, 0.1) is 17.2 Å². The van der Waals surface area contributed by atoms with Crippen molar-refractivity contribution >= 4 is 43.4 Å². The van der Waals surface area contributed by atoms with Crippen LogP contribution in [-0.2, 0) is 16.4 Å². The Hall–Kier alpha value is -4.89. The molecular weight excluding hydrogens is 535 g/mol. The first-order chi connectivity index (χ1) is 19.3. The zero-order chi connectivity index (χ0) is 27.9. The first-order valence-electron chi connectivity index (χ1n) is 12.3. The van der Waals surface area contributed by atoms with Crippen LogP contribution in [0.3, 0.4) is 0 Å². The van der Waals surface area contributed by atoms with Crippen LogP contribution in [0.4, 0.5) is 10.2 Å². The molecule has 0 aliphatic carbocycles. The molecule has 4 aromatic heterocycles. The number of pyridine rings is 3. The van der Waals surface area contributed by atoms with E-state index in [-0.39, 0.29) is 33.9 Å². The summed E-state index contributed by atoms with van der Waals surface area (Å²) in [4.78, 5) is 28.5. The average Bonchev–Trinajstić information content (AvgIpc) is 3.39. The molecule has 1 N–H and O–H groups in total. The molecule has 5 heterocycles. The molecular formula is C28H21FN6O4S. The molecule has 0 saturated carbocycles. The Kier molecular flexibility index (Phi) is 6.36. The molecule has 1 amide bonds. The lowest BCUT2D eigenvalue weighted by atomic mass is 10.0. The SMILES string of the molecule is N#CC1CN(c2cccc(-c3ccc4cnc(CNC(=O)c5ccc6occ(S(=O)(=O)CF)c6c5)cc4n3)n2)C1. The molecule has 200 valence electrons.